The third kappa shape index (κ3) is 6.67. The van der Waals surface area contributed by atoms with E-state index in [9.17, 15) is 14.4 Å². The van der Waals surface area contributed by atoms with Crippen molar-refractivity contribution in [3.63, 3.8) is 0 Å². The van der Waals surface area contributed by atoms with E-state index in [0.717, 1.165) is 37.1 Å². The molecule has 0 bridgehead atoms. The first kappa shape index (κ1) is 25.8. The molecule has 3 amide bonds. The molecule has 9 heteroatoms. The number of anilines is 1. The minimum atomic E-state index is -0.494. The van der Waals surface area contributed by atoms with Crippen LogP contribution in [0.3, 0.4) is 0 Å². The lowest BCUT2D eigenvalue weighted by Crippen LogP contribution is -2.36. The summed E-state index contributed by atoms with van der Waals surface area (Å²) in [4.78, 5) is 38.9. The van der Waals surface area contributed by atoms with Crippen molar-refractivity contribution in [2.45, 2.75) is 13.5 Å². The Kier molecular flexibility index (Phi) is 8.65. The highest BCUT2D eigenvalue weighted by molar-refractivity contribution is 14.1. The molecule has 0 aromatic heterocycles. The number of hydrogen-bond acceptors (Lipinski definition) is 6. The third-order valence-electron chi connectivity index (χ3n) is 5.12. The molecule has 0 atom stereocenters. The summed E-state index contributed by atoms with van der Waals surface area (Å²) in [6, 6.07) is 22.3. The molecule has 0 aliphatic carbocycles. The number of nitrogens with one attached hydrogen (secondary N) is 1. The average Bonchev–Trinajstić information content (AvgIpc) is 3.12. The summed E-state index contributed by atoms with van der Waals surface area (Å²) in [5, 5.41) is 2.22. The van der Waals surface area contributed by atoms with Gasteiger partial charge in [0.1, 0.15) is 24.7 Å². The normalized spacial score (nSPS) is 14.3. The number of nitrogens with zero attached hydrogens (tertiary/aromatic N) is 1. The molecule has 184 valence electrons. The predicted octanol–water partition coefficient (Wildman–Crippen LogP) is 5.94. The zero-order valence-corrected chi connectivity index (χ0v) is 22.4. The Morgan fingerprint density at radius 3 is 2.47 bits per heavy atom. The number of amides is 3. The number of imide groups is 1. The number of hydrogen-bond donors (Lipinski definition) is 1. The Bertz CT molecular complexity index is 1300. The predicted molar refractivity (Wildman–Crippen MR) is 149 cm³/mol. The summed E-state index contributed by atoms with van der Waals surface area (Å²) in [7, 11) is 0. The summed E-state index contributed by atoms with van der Waals surface area (Å²) < 4.78 is 12.2. The van der Waals surface area contributed by atoms with Gasteiger partial charge in [-0.05, 0) is 94.9 Å². The molecule has 3 aromatic rings. The Hall–Kier alpha value is -3.31. The van der Waals surface area contributed by atoms with Crippen LogP contribution in [-0.2, 0) is 16.2 Å². The number of thioether (sulfide) groups is 1. The highest BCUT2D eigenvalue weighted by Crippen LogP contribution is 2.33. The van der Waals surface area contributed by atoms with E-state index in [4.69, 9.17) is 9.47 Å². The largest absolute Gasteiger partial charge is 0.494 e. The smallest absolute Gasteiger partial charge is 0.294 e. The number of halogens is 1. The van der Waals surface area contributed by atoms with Crippen molar-refractivity contribution in [1.82, 2.24) is 4.90 Å². The van der Waals surface area contributed by atoms with E-state index in [1.165, 1.54) is 0 Å². The Balaban J connectivity index is 1.37. The van der Waals surface area contributed by atoms with Gasteiger partial charge in [-0.25, -0.2) is 0 Å². The van der Waals surface area contributed by atoms with Gasteiger partial charge in [0, 0.05) is 5.69 Å². The van der Waals surface area contributed by atoms with Gasteiger partial charge in [-0.2, -0.15) is 0 Å². The van der Waals surface area contributed by atoms with Crippen molar-refractivity contribution < 1.29 is 23.9 Å². The van der Waals surface area contributed by atoms with Crippen LogP contribution < -0.4 is 14.8 Å². The van der Waals surface area contributed by atoms with Crippen LogP contribution >= 0.6 is 34.4 Å². The zero-order chi connectivity index (χ0) is 25.5. The van der Waals surface area contributed by atoms with Crippen LogP contribution in [0.2, 0.25) is 0 Å². The third-order valence-corrected chi connectivity index (χ3v) is 6.87. The van der Waals surface area contributed by atoms with Crippen LogP contribution in [0.1, 0.15) is 18.1 Å². The number of carbonyl (C=O) groups is 3. The lowest BCUT2D eigenvalue weighted by molar-refractivity contribution is -0.127. The van der Waals surface area contributed by atoms with Crippen molar-refractivity contribution in [3.05, 3.63) is 92.4 Å². The van der Waals surface area contributed by atoms with Crippen molar-refractivity contribution in [1.29, 1.82) is 0 Å². The van der Waals surface area contributed by atoms with Crippen molar-refractivity contribution in [3.8, 4) is 11.5 Å². The SMILES string of the molecule is CCOc1ccc(NC(=O)CN2C(=O)S/C(=C/c3ccc(OCc4ccccc4)c(I)c3)C2=O)cc1. The number of ether oxygens (including phenoxy) is 2. The van der Waals surface area contributed by atoms with Gasteiger partial charge in [-0.15, -0.1) is 0 Å². The van der Waals surface area contributed by atoms with Gasteiger partial charge in [0.05, 0.1) is 15.1 Å². The van der Waals surface area contributed by atoms with Gasteiger partial charge in [0.2, 0.25) is 5.91 Å². The van der Waals surface area contributed by atoms with Gasteiger partial charge in [0.15, 0.2) is 0 Å². The van der Waals surface area contributed by atoms with Crippen molar-refractivity contribution in [2.75, 3.05) is 18.5 Å². The molecule has 1 saturated heterocycles. The summed E-state index contributed by atoms with van der Waals surface area (Å²) >= 11 is 3.00. The number of benzene rings is 3. The summed E-state index contributed by atoms with van der Waals surface area (Å²) in [5.74, 6) is 0.469. The monoisotopic (exact) mass is 614 g/mol. The standard InChI is InChI=1S/C27H23IN2O5S/c1-2-34-21-11-9-20(10-12-21)29-25(31)16-30-26(32)24(36-27(30)33)15-19-8-13-23(22(28)14-19)35-17-18-6-4-3-5-7-18/h3-15H,2,16-17H2,1H3,(H,29,31)/b24-15+. The fraction of sp³-hybridized carbons (Fsp3) is 0.148. The Morgan fingerprint density at radius 2 is 1.78 bits per heavy atom. The molecule has 4 rings (SSSR count). The second kappa shape index (κ2) is 12.1. The Morgan fingerprint density at radius 1 is 1.03 bits per heavy atom. The first-order valence-electron chi connectivity index (χ1n) is 11.2. The summed E-state index contributed by atoms with van der Waals surface area (Å²) in [5.41, 5.74) is 2.38. The van der Waals surface area contributed by atoms with Gasteiger partial charge in [-0.3, -0.25) is 19.3 Å². The van der Waals surface area contributed by atoms with E-state index in [1.807, 2.05) is 55.5 Å². The highest BCUT2D eigenvalue weighted by atomic mass is 127. The van der Waals surface area contributed by atoms with Gasteiger partial charge in [-0.1, -0.05) is 36.4 Å². The van der Waals surface area contributed by atoms with Crippen LogP contribution in [0.5, 0.6) is 11.5 Å². The van der Waals surface area contributed by atoms with Crippen molar-refractivity contribution in [2.24, 2.45) is 0 Å². The molecule has 1 aliphatic rings. The lowest BCUT2D eigenvalue weighted by atomic mass is 10.2. The molecular weight excluding hydrogens is 591 g/mol. The topological polar surface area (TPSA) is 84.9 Å². The van der Waals surface area contributed by atoms with Crippen LogP contribution in [0.15, 0.2) is 77.7 Å². The molecule has 0 radical (unpaired) electrons. The van der Waals surface area contributed by atoms with Gasteiger partial charge < -0.3 is 14.8 Å². The fourth-order valence-electron chi connectivity index (χ4n) is 3.39. The van der Waals surface area contributed by atoms with E-state index in [1.54, 1.807) is 30.3 Å². The van der Waals surface area contributed by atoms with Gasteiger partial charge >= 0.3 is 0 Å². The van der Waals surface area contributed by atoms with E-state index >= 15 is 0 Å². The molecule has 36 heavy (non-hydrogen) atoms. The zero-order valence-electron chi connectivity index (χ0n) is 19.4. The molecule has 1 heterocycles. The first-order chi connectivity index (χ1) is 17.4. The minimum Gasteiger partial charge on any atom is -0.494 e. The quantitative estimate of drug-likeness (QED) is 0.237. The average molecular weight is 614 g/mol. The fourth-order valence-corrected chi connectivity index (χ4v) is 4.93. The second-order valence-electron chi connectivity index (χ2n) is 7.74. The van der Waals surface area contributed by atoms with E-state index in [0.29, 0.717) is 24.7 Å². The molecule has 1 fully saturated rings. The van der Waals surface area contributed by atoms with Crippen LogP contribution in [0, 0.1) is 3.57 Å². The molecule has 1 N–H and O–H groups in total. The van der Waals surface area contributed by atoms with Crippen molar-refractivity contribution >= 4 is 63.2 Å². The van der Waals surface area contributed by atoms with Crippen LogP contribution in [0.4, 0.5) is 10.5 Å². The number of rotatable bonds is 9. The second-order valence-corrected chi connectivity index (χ2v) is 9.89. The molecule has 0 unspecified atom stereocenters. The van der Waals surface area contributed by atoms with E-state index in [-0.39, 0.29) is 11.4 Å². The first-order valence-corrected chi connectivity index (χ1v) is 13.1. The maximum Gasteiger partial charge on any atom is 0.294 e. The lowest BCUT2D eigenvalue weighted by Gasteiger charge is -2.13. The molecule has 0 spiro atoms. The molecule has 3 aromatic carbocycles. The molecule has 7 nitrogen and oxygen atoms in total. The Labute approximate surface area is 227 Å². The van der Waals surface area contributed by atoms with E-state index < -0.39 is 17.1 Å². The number of carbonyl (C=O) groups excluding carboxylic acids is 3. The minimum absolute atomic E-state index is 0.266. The molecular formula is C27H23IN2O5S. The van der Waals surface area contributed by atoms with E-state index in [2.05, 4.69) is 27.9 Å². The summed E-state index contributed by atoms with van der Waals surface area (Å²) in [6.45, 7) is 2.52. The van der Waals surface area contributed by atoms with Crippen LogP contribution in [0.25, 0.3) is 6.08 Å². The van der Waals surface area contributed by atoms with Gasteiger partial charge in [0.25, 0.3) is 11.1 Å². The highest BCUT2D eigenvalue weighted by Gasteiger charge is 2.36. The molecule has 0 saturated carbocycles. The van der Waals surface area contributed by atoms with Crippen LogP contribution in [-0.4, -0.2) is 35.1 Å². The maximum absolute atomic E-state index is 12.8. The maximum atomic E-state index is 12.8. The summed E-state index contributed by atoms with van der Waals surface area (Å²) in [6.07, 6.45) is 1.65. The molecule has 1 aliphatic heterocycles.